The van der Waals surface area contributed by atoms with Crippen LogP contribution in [-0.2, 0) is 4.79 Å². The molecule has 0 rings (SSSR count). The molecule has 0 fully saturated rings. The Bertz CT molecular complexity index is 262. The molecule has 0 aliphatic heterocycles. The van der Waals surface area contributed by atoms with E-state index in [-0.39, 0.29) is 5.92 Å². The Morgan fingerprint density at radius 1 is 1.33 bits per heavy atom. The number of nitrogens with one attached hydrogen (secondary N) is 2. The summed E-state index contributed by atoms with van der Waals surface area (Å²) in [5, 5.41) is 14.2. The van der Waals surface area contributed by atoms with Gasteiger partial charge in [-0.1, -0.05) is 20.3 Å². The summed E-state index contributed by atoms with van der Waals surface area (Å²) in [4.78, 5) is 22.5. The fraction of sp³-hybridized carbons (Fsp3) is 0.833. The molecule has 0 heterocycles. The van der Waals surface area contributed by atoms with E-state index in [4.69, 9.17) is 5.11 Å². The number of unbranched alkanes of at least 4 members (excludes halogenated alkanes) is 1. The number of thioether (sulfide) groups is 1. The molecule has 3 N–H and O–H groups in total. The first-order valence-electron chi connectivity index (χ1n) is 6.29. The van der Waals surface area contributed by atoms with E-state index in [9.17, 15) is 9.59 Å². The predicted octanol–water partition coefficient (Wildman–Crippen LogP) is 1.93. The Morgan fingerprint density at radius 3 is 2.50 bits per heavy atom. The highest BCUT2D eigenvalue weighted by Gasteiger charge is 2.24. The molecular weight excluding hydrogens is 252 g/mol. The molecule has 6 heteroatoms. The lowest BCUT2D eigenvalue weighted by Gasteiger charge is -2.20. The topological polar surface area (TPSA) is 78.4 Å². The number of carbonyl (C=O) groups is 2. The van der Waals surface area contributed by atoms with Gasteiger partial charge in [-0.2, -0.15) is 11.8 Å². The Hall–Kier alpha value is -0.910. The van der Waals surface area contributed by atoms with Crippen molar-refractivity contribution < 1.29 is 14.7 Å². The van der Waals surface area contributed by atoms with Crippen LogP contribution in [-0.4, -0.2) is 41.7 Å². The summed E-state index contributed by atoms with van der Waals surface area (Å²) in [5.74, 6) is 0.0140. The van der Waals surface area contributed by atoms with Crippen molar-refractivity contribution in [3.05, 3.63) is 0 Å². The van der Waals surface area contributed by atoms with Crippen molar-refractivity contribution in [2.24, 2.45) is 5.92 Å². The first kappa shape index (κ1) is 17.1. The van der Waals surface area contributed by atoms with Crippen LogP contribution < -0.4 is 10.6 Å². The van der Waals surface area contributed by atoms with Crippen molar-refractivity contribution in [1.29, 1.82) is 0 Å². The van der Waals surface area contributed by atoms with Gasteiger partial charge in [-0.05, 0) is 30.8 Å². The van der Waals surface area contributed by atoms with E-state index >= 15 is 0 Å². The van der Waals surface area contributed by atoms with Gasteiger partial charge >= 0.3 is 12.0 Å². The summed E-state index contributed by atoms with van der Waals surface area (Å²) in [5.41, 5.74) is 0. The smallest absolute Gasteiger partial charge is 0.326 e. The van der Waals surface area contributed by atoms with Crippen molar-refractivity contribution in [1.82, 2.24) is 10.6 Å². The van der Waals surface area contributed by atoms with Crippen LogP contribution in [0.3, 0.4) is 0 Å². The van der Waals surface area contributed by atoms with Crippen molar-refractivity contribution in [3.8, 4) is 0 Å². The van der Waals surface area contributed by atoms with Crippen LogP contribution in [0.1, 0.15) is 33.1 Å². The fourth-order valence-electron chi connectivity index (χ4n) is 1.45. The minimum Gasteiger partial charge on any atom is -0.480 e. The molecule has 0 aliphatic rings. The molecule has 0 spiro atoms. The van der Waals surface area contributed by atoms with E-state index in [1.165, 1.54) is 0 Å². The zero-order valence-electron chi connectivity index (χ0n) is 11.4. The molecule has 0 aromatic rings. The van der Waals surface area contributed by atoms with Gasteiger partial charge in [-0.25, -0.2) is 9.59 Å². The highest BCUT2D eigenvalue weighted by Crippen LogP contribution is 2.07. The van der Waals surface area contributed by atoms with Crippen LogP contribution in [0.2, 0.25) is 0 Å². The number of carboxylic acid groups (broad SMARTS) is 1. The second-order valence-corrected chi connectivity index (χ2v) is 5.29. The van der Waals surface area contributed by atoms with Gasteiger partial charge in [0.2, 0.25) is 0 Å². The zero-order chi connectivity index (χ0) is 14.0. The number of rotatable bonds is 9. The maximum Gasteiger partial charge on any atom is 0.326 e. The Morgan fingerprint density at radius 2 is 2.00 bits per heavy atom. The number of amides is 2. The summed E-state index contributed by atoms with van der Waals surface area (Å²) in [6.07, 6.45) is 4.72. The average Bonchev–Trinajstić information content (AvgIpc) is 2.34. The monoisotopic (exact) mass is 276 g/mol. The molecule has 0 aromatic heterocycles. The summed E-state index contributed by atoms with van der Waals surface area (Å²) in [6, 6.07) is -1.21. The Labute approximate surface area is 113 Å². The number of carbonyl (C=O) groups excluding carboxylic acids is 1. The minimum absolute atomic E-state index is 0.0789. The lowest BCUT2D eigenvalue weighted by molar-refractivity contribution is -0.140. The first-order chi connectivity index (χ1) is 8.52. The number of carboxylic acids is 1. The largest absolute Gasteiger partial charge is 0.480 e. The fourth-order valence-corrected chi connectivity index (χ4v) is 1.94. The maximum atomic E-state index is 11.5. The minimum atomic E-state index is -0.984. The molecule has 2 amide bonds. The Kier molecular flexibility index (Phi) is 9.55. The van der Waals surface area contributed by atoms with Gasteiger partial charge < -0.3 is 15.7 Å². The standard InChI is InChI=1S/C12H24N2O3S/c1-4-9(2)10(11(15)16)14-12(17)13-7-5-6-8-18-3/h9-10H,4-8H2,1-3H3,(H,15,16)(H2,13,14,17)/t9-,10-/m0/s1. The average molecular weight is 276 g/mol. The normalized spacial score (nSPS) is 13.7. The number of aliphatic carboxylic acids is 1. The molecule has 2 atom stereocenters. The number of hydrogen-bond donors (Lipinski definition) is 3. The van der Waals surface area contributed by atoms with Crippen LogP contribution >= 0.6 is 11.8 Å². The third-order valence-electron chi connectivity index (χ3n) is 2.83. The van der Waals surface area contributed by atoms with Crippen LogP contribution in [0.15, 0.2) is 0 Å². The van der Waals surface area contributed by atoms with Crippen molar-refractivity contribution in [2.75, 3.05) is 18.6 Å². The van der Waals surface area contributed by atoms with Crippen LogP contribution in [0.25, 0.3) is 0 Å². The lowest BCUT2D eigenvalue weighted by Crippen LogP contribution is -2.49. The van der Waals surface area contributed by atoms with Crippen molar-refractivity contribution in [2.45, 2.75) is 39.2 Å². The third kappa shape index (κ3) is 7.42. The summed E-state index contributed by atoms with van der Waals surface area (Å²) < 4.78 is 0. The number of urea groups is 1. The van der Waals surface area contributed by atoms with Gasteiger partial charge in [0.05, 0.1) is 0 Å². The second kappa shape index (κ2) is 10.1. The number of hydrogen-bond acceptors (Lipinski definition) is 3. The van der Waals surface area contributed by atoms with Crippen LogP contribution in [0, 0.1) is 5.92 Å². The van der Waals surface area contributed by atoms with Crippen LogP contribution in [0.4, 0.5) is 4.79 Å². The highest BCUT2D eigenvalue weighted by molar-refractivity contribution is 7.98. The molecule has 0 radical (unpaired) electrons. The molecule has 0 aliphatic carbocycles. The molecule has 0 saturated heterocycles. The maximum absolute atomic E-state index is 11.5. The predicted molar refractivity (Wildman–Crippen MR) is 75.0 cm³/mol. The van der Waals surface area contributed by atoms with Crippen molar-refractivity contribution >= 4 is 23.8 Å². The van der Waals surface area contributed by atoms with Gasteiger partial charge in [0.25, 0.3) is 0 Å². The van der Waals surface area contributed by atoms with Crippen molar-refractivity contribution in [3.63, 3.8) is 0 Å². The van der Waals surface area contributed by atoms with Gasteiger partial charge in [-0.15, -0.1) is 0 Å². The first-order valence-corrected chi connectivity index (χ1v) is 7.68. The van der Waals surface area contributed by atoms with Gasteiger partial charge in [0, 0.05) is 6.54 Å². The quantitative estimate of drug-likeness (QED) is 0.562. The molecular formula is C12H24N2O3S. The van der Waals surface area contributed by atoms with E-state index in [0.29, 0.717) is 13.0 Å². The SMILES string of the molecule is CC[C@H](C)[C@H](NC(=O)NCCCCSC)C(=O)O. The molecule has 0 unspecified atom stereocenters. The van der Waals surface area contributed by atoms with Gasteiger partial charge in [0.1, 0.15) is 6.04 Å². The van der Waals surface area contributed by atoms with E-state index in [2.05, 4.69) is 10.6 Å². The molecule has 106 valence electrons. The van der Waals surface area contributed by atoms with Crippen LogP contribution in [0.5, 0.6) is 0 Å². The van der Waals surface area contributed by atoms with E-state index in [1.54, 1.807) is 11.8 Å². The molecule has 0 bridgehead atoms. The molecule has 5 nitrogen and oxygen atoms in total. The molecule has 0 aromatic carbocycles. The second-order valence-electron chi connectivity index (χ2n) is 4.30. The van der Waals surface area contributed by atoms with E-state index in [0.717, 1.165) is 18.6 Å². The summed E-state index contributed by atoms with van der Waals surface area (Å²) in [7, 11) is 0. The highest BCUT2D eigenvalue weighted by atomic mass is 32.2. The zero-order valence-corrected chi connectivity index (χ0v) is 12.2. The Balaban J connectivity index is 3.92. The third-order valence-corrected chi connectivity index (χ3v) is 3.52. The van der Waals surface area contributed by atoms with E-state index in [1.807, 2.05) is 20.1 Å². The van der Waals surface area contributed by atoms with E-state index < -0.39 is 18.0 Å². The molecule has 0 saturated carbocycles. The molecule has 18 heavy (non-hydrogen) atoms. The van der Waals surface area contributed by atoms with Gasteiger partial charge in [0.15, 0.2) is 0 Å². The summed E-state index contributed by atoms with van der Waals surface area (Å²) in [6.45, 7) is 4.30. The summed E-state index contributed by atoms with van der Waals surface area (Å²) >= 11 is 1.78. The lowest BCUT2D eigenvalue weighted by atomic mass is 9.99. The van der Waals surface area contributed by atoms with Gasteiger partial charge in [-0.3, -0.25) is 0 Å².